The molecule has 2 heterocycles. The number of carbonyl (C=O) groups is 1. The zero-order chi connectivity index (χ0) is 16.4. The largest absolute Gasteiger partial charge is 0.465 e. The molecule has 5 nitrogen and oxygen atoms in total. The standard InChI is InChI=1S/C18H21N3O2/c1-18(2,14-6-4-3-5-7-14)16-19-12-13-8-10-21(17(22)23)11-9-15(13)20-16/h3-7,12H,8-11H2,1-2H3,(H,22,23). The summed E-state index contributed by atoms with van der Waals surface area (Å²) in [6.45, 7) is 5.23. The van der Waals surface area contributed by atoms with E-state index >= 15 is 0 Å². The number of nitrogens with zero attached hydrogens (tertiary/aromatic N) is 3. The van der Waals surface area contributed by atoms with Crippen molar-refractivity contribution in [3.63, 3.8) is 0 Å². The topological polar surface area (TPSA) is 66.3 Å². The van der Waals surface area contributed by atoms with E-state index in [4.69, 9.17) is 10.1 Å². The molecule has 5 heteroatoms. The van der Waals surface area contributed by atoms with Crippen LogP contribution in [0.2, 0.25) is 0 Å². The van der Waals surface area contributed by atoms with E-state index < -0.39 is 6.09 Å². The zero-order valence-corrected chi connectivity index (χ0v) is 13.5. The predicted octanol–water partition coefficient (Wildman–Crippen LogP) is 2.88. The van der Waals surface area contributed by atoms with E-state index in [-0.39, 0.29) is 5.41 Å². The Morgan fingerprint density at radius 1 is 1.17 bits per heavy atom. The van der Waals surface area contributed by atoms with Crippen molar-refractivity contribution in [1.29, 1.82) is 0 Å². The number of rotatable bonds is 2. The van der Waals surface area contributed by atoms with Crippen molar-refractivity contribution in [1.82, 2.24) is 14.9 Å². The van der Waals surface area contributed by atoms with Crippen molar-refractivity contribution in [3.05, 3.63) is 59.2 Å². The van der Waals surface area contributed by atoms with Gasteiger partial charge in [-0.25, -0.2) is 14.8 Å². The molecule has 0 radical (unpaired) electrons. The lowest BCUT2D eigenvalue weighted by Gasteiger charge is -2.24. The lowest BCUT2D eigenvalue weighted by Crippen LogP contribution is -2.31. The fourth-order valence-electron chi connectivity index (χ4n) is 2.95. The normalized spacial score (nSPS) is 15.0. The van der Waals surface area contributed by atoms with Crippen LogP contribution in [-0.2, 0) is 18.3 Å². The lowest BCUT2D eigenvalue weighted by molar-refractivity contribution is 0.147. The van der Waals surface area contributed by atoms with Crippen LogP contribution in [0.15, 0.2) is 36.5 Å². The Hall–Kier alpha value is -2.43. The summed E-state index contributed by atoms with van der Waals surface area (Å²) in [4.78, 5) is 22.0. The maximum absolute atomic E-state index is 11.2. The van der Waals surface area contributed by atoms with Gasteiger partial charge in [-0.2, -0.15) is 0 Å². The summed E-state index contributed by atoms with van der Waals surface area (Å²) >= 11 is 0. The van der Waals surface area contributed by atoms with E-state index in [9.17, 15) is 4.79 Å². The number of benzene rings is 1. The molecule has 0 saturated heterocycles. The highest BCUT2D eigenvalue weighted by atomic mass is 16.4. The van der Waals surface area contributed by atoms with Crippen LogP contribution in [0, 0.1) is 0 Å². The first kappa shape index (κ1) is 15.5. The maximum atomic E-state index is 11.2. The molecule has 0 bridgehead atoms. The van der Waals surface area contributed by atoms with Gasteiger partial charge >= 0.3 is 6.09 Å². The van der Waals surface area contributed by atoms with E-state index in [1.165, 1.54) is 10.5 Å². The monoisotopic (exact) mass is 311 g/mol. The second kappa shape index (κ2) is 5.99. The van der Waals surface area contributed by atoms with Crippen LogP contribution in [-0.4, -0.2) is 39.2 Å². The Morgan fingerprint density at radius 2 is 1.87 bits per heavy atom. The quantitative estimate of drug-likeness (QED) is 0.926. The molecular formula is C18H21N3O2. The molecule has 3 rings (SSSR count). The van der Waals surface area contributed by atoms with E-state index in [0.717, 1.165) is 17.1 Å². The summed E-state index contributed by atoms with van der Waals surface area (Å²) in [6.07, 6.45) is 2.32. The number of carboxylic acid groups (broad SMARTS) is 1. The van der Waals surface area contributed by atoms with Gasteiger partial charge in [0.2, 0.25) is 0 Å². The molecule has 1 aliphatic heterocycles. The molecule has 0 saturated carbocycles. The summed E-state index contributed by atoms with van der Waals surface area (Å²) < 4.78 is 0. The third-order valence-electron chi connectivity index (χ3n) is 4.55. The molecule has 1 aromatic carbocycles. The number of fused-ring (bicyclic) bond motifs is 1. The van der Waals surface area contributed by atoms with Crippen molar-refractivity contribution in [3.8, 4) is 0 Å². The maximum Gasteiger partial charge on any atom is 0.407 e. The van der Waals surface area contributed by atoms with Gasteiger partial charge in [0, 0.05) is 36.8 Å². The van der Waals surface area contributed by atoms with Gasteiger partial charge in [0.05, 0.1) is 0 Å². The summed E-state index contributed by atoms with van der Waals surface area (Å²) in [5, 5.41) is 9.16. The summed E-state index contributed by atoms with van der Waals surface area (Å²) in [5.41, 5.74) is 2.92. The van der Waals surface area contributed by atoms with Gasteiger partial charge in [-0.15, -0.1) is 0 Å². The zero-order valence-electron chi connectivity index (χ0n) is 13.5. The summed E-state index contributed by atoms with van der Waals surface area (Å²) in [6, 6.07) is 10.2. The average molecular weight is 311 g/mol. The van der Waals surface area contributed by atoms with Gasteiger partial charge in [-0.1, -0.05) is 30.3 Å². The minimum atomic E-state index is -0.865. The van der Waals surface area contributed by atoms with Gasteiger partial charge in [-0.05, 0) is 31.4 Å². The molecule has 1 aromatic heterocycles. The van der Waals surface area contributed by atoms with Crippen LogP contribution < -0.4 is 0 Å². The Bertz CT molecular complexity index is 713. The Morgan fingerprint density at radius 3 is 2.57 bits per heavy atom. The number of aromatic nitrogens is 2. The average Bonchev–Trinajstić information content (AvgIpc) is 2.77. The van der Waals surface area contributed by atoms with Gasteiger partial charge < -0.3 is 10.0 Å². The second-order valence-corrected chi connectivity index (χ2v) is 6.43. The van der Waals surface area contributed by atoms with Gasteiger partial charge in [-0.3, -0.25) is 0 Å². The molecule has 0 spiro atoms. The third kappa shape index (κ3) is 3.04. The highest BCUT2D eigenvalue weighted by Gasteiger charge is 2.28. The van der Waals surface area contributed by atoms with Crippen LogP contribution >= 0.6 is 0 Å². The summed E-state index contributed by atoms with van der Waals surface area (Å²) in [7, 11) is 0. The van der Waals surface area contributed by atoms with Crippen molar-refractivity contribution in [2.75, 3.05) is 13.1 Å². The SMILES string of the molecule is CC(C)(c1ccccc1)c1ncc2c(n1)CCN(C(=O)O)CC2. The molecule has 0 atom stereocenters. The van der Waals surface area contributed by atoms with E-state index in [2.05, 4.69) is 31.0 Å². The smallest absolute Gasteiger partial charge is 0.407 e. The lowest BCUT2D eigenvalue weighted by atomic mass is 9.83. The molecule has 0 unspecified atom stereocenters. The molecule has 1 amide bonds. The highest BCUT2D eigenvalue weighted by molar-refractivity contribution is 5.65. The van der Waals surface area contributed by atoms with Crippen LogP contribution in [0.4, 0.5) is 4.79 Å². The van der Waals surface area contributed by atoms with E-state index in [1.54, 1.807) is 0 Å². The molecule has 2 aromatic rings. The molecule has 0 aliphatic carbocycles. The second-order valence-electron chi connectivity index (χ2n) is 6.43. The molecule has 120 valence electrons. The molecule has 0 fully saturated rings. The van der Waals surface area contributed by atoms with Crippen molar-refractivity contribution < 1.29 is 9.90 Å². The van der Waals surface area contributed by atoms with Gasteiger partial charge in [0.25, 0.3) is 0 Å². The molecule has 23 heavy (non-hydrogen) atoms. The van der Waals surface area contributed by atoms with Gasteiger partial charge in [0.15, 0.2) is 0 Å². The van der Waals surface area contributed by atoms with E-state index in [1.807, 2.05) is 24.4 Å². The first-order valence-electron chi connectivity index (χ1n) is 7.87. The van der Waals surface area contributed by atoms with Crippen LogP contribution in [0.5, 0.6) is 0 Å². The number of amides is 1. The minimum Gasteiger partial charge on any atom is -0.465 e. The van der Waals surface area contributed by atoms with Crippen LogP contribution in [0.3, 0.4) is 0 Å². The first-order valence-corrected chi connectivity index (χ1v) is 7.87. The van der Waals surface area contributed by atoms with Gasteiger partial charge in [0.1, 0.15) is 5.82 Å². The number of hydrogen-bond acceptors (Lipinski definition) is 3. The fourth-order valence-corrected chi connectivity index (χ4v) is 2.95. The molecular weight excluding hydrogens is 290 g/mol. The van der Waals surface area contributed by atoms with Crippen LogP contribution in [0.25, 0.3) is 0 Å². The molecule has 1 aliphatic rings. The fraction of sp³-hybridized carbons (Fsp3) is 0.389. The molecule has 1 N–H and O–H groups in total. The van der Waals surface area contributed by atoms with Crippen molar-refractivity contribution in [2.24, 2.45) is 0 Å². The minimum absolute atomic E-state index is 0.283. The van der Waals surface area contributed by atoms with Crippen molar-refractivity contribution >= 4 is 6.09 Å². The van der Waals surface area contributed by atoms with E-state index in [0.29, 0.717) is 25.9 Å². The highest BCUT2D eigenvalue weighted by Crippen LogP contribution is 2.29. The Labute approximate surface area is 136 Å². The third-order valence-corrected chi connectivity index (χ3v) is 4.55. The summed E-state index contributed by atoms with van der Waals surface area (Å²) in [5.74, 6) is 0.784. The number of hydrogen-bond donors (Lipinski definition) is 1. The van der Waals surface area contributed by atoms with Crippen LogP contribution in [0.1, 0.15) is 36.5 Å². The predicted molar refractivity (Wildman–Crippen MR) is 87.6 cm³/mol. The van der Waals surface area contributed by atoms with Crippen molar-refractivity contribution in [2.45, 2.75) is 32.1 Å². The first-order chi connectivity index (χ1) is 11.0. The Kier molecular flexibility index (Phi) is 4.03. The Balaban J connectivity index is 1.92.